The number of nitrogens with zero attached hydrogens (tertiary/aromatic N) is 1. The highest BCUT2D eigenvalue weighted by Crippen LogP contribution is 2.48. The number of fused-ring (bicyclic) bond motifs is 1. The second-order valence-corrected chi connectivity index (χ2v) is 6.77. The molecule has 1 amide bonds. The van der Waals surface area contributed by atoms with E-state index in [-0.39, 0.29) is 5.91 Å². The highest BCUT2D eigenvalue weighted by molar-refractivity contribution is 6.35. The number of halogens is 1. The zero-order chi connectivity index (χ0) is 17.6. The molecule has 0 saturated carbocycles. The van der Waals surface area contributed by atoms with Gasteiger partial charge in [-0.3, -0.25) is 4.79 Å². The number of amides is 1. The second kappa shape index (κ2) is 5.74. The topological polar surface area (TPSA) is 55.1 Å². The van der Waals surface area contributed by atoms with Crippen LogP contribution >= 0.6 is 11.6 Å². The first-order valence-corrected chi connectivity index (χ1v) is 8.49. The summed E-state index contributed by atoms with van der Waals surface area (Å²) in [5.41, 5.74) is 3.39. The summed E-state index contributed by atoms with van der Waals surface area (Å²) in [5.74, 6) is 0.651. The van der Waals surface area contributed by atoms with Gasteiger partial charge in [0, 0.05) is 12.0 Å². The monoisotopic (exact) mass is 352 g/mol. The fourth-order valence-corrected chi connectivity index (χ4v) is 3.88. The van der Waals surface area contributed by atoms with Gasteiger partial charge in [0.1, 0.15) is 11.2 Å². The van der Waals surface area contributed by atoms with E-state index in [0.29, 0.717) is 17.1 Å². The number of hydrogen-bond acceptors (Lipinski definition) is 3. The van der Waals surface area contributed by atoms with E-state index in [4.69, 9.17) is 16.1 Å². The van der Waals surface area contributed by atoms with E-state index < -0.39 is 5.41 Å². The molecule has 1 unspecified atom stereocenters. The molecule has 0 bridgehead atoms. The fourth-order valence-electron chi connectivity index (χ4n) is 3.66. The number of aryl methyl sites for hydroxylation is 2. The summed E-state index contributed by atoms with van der Waals surface area (Å²) in [5, 5.41) is 7.58. The minimum absolute atomic E-state index is 0.0817. The maximum atomic E-state index is 13.2. The Morgan fingerprint density at radius 3 is 2.56 bits per heavy atom. The minimum Gasteiger partial charge on any atom is -0.361 e. The van der Waals surface area contributed by atoms with Crippen molar-refractivity contribution in [3.8, 4) is 0 Å². The first-order valence-electron chi connectivity index (χ1n) is 8.12. The van der Waals surface area contributed by atoms with Crippen LogP contribution in [0.2, 0.25) is 5.02 Å². The zero-order valence-electron chi connectivity index (χ0n) is 14.0. The SMILES string of the molecule is Cc1noc(C)c1CC1(c2ccccc2)C(=O)Nc2c(Cl)cccc21. The Balaban J connectivity index is 1.99. The van der Waals surface area contributed by atoms with Crippen LogP contribution in [0.25, 0.3) is 0 Å². The van der Waals surface area contributed by atoms with Crippen LogP contribution in [0.4, 0.5) is 5.69 Å². The second-order valence-electron chi connectivity index (χ2n) is 6.37. The van der Waals surface area contributed by atoms with E-state index in [1.54, 1.807) is 6.07 Å². The maximum Gasteiger partial charge on any atom is 0.239 e. The Hall–Kier alpha value is -2.59. The molecule has 2 heterocycles. The van der Waals surface area contributed by atoms with Crippen molar-refractivity contribution in [2.75, 3.05) is 5.32 Å². The first-order chi connectivity index (χ1) is 12.0. The van der Waals surface area contributed by atoms with E-state index in [2.05, 4.69) is 10.5 Å². The molecular weight excluding hydrogens is 336 g/mol. The predicted molar refractivity (Wildman–Crippen MR) is 97.0 cm³/mol. The van der Waals surface area contributed by atoms with E-state index in [1.165, 1.54) is 0 Å². The predicted octanol–water partition coefficient (Wildman–Crippen LogP) is 4.43. The third-order valence-corrected chi connectivity index (χ3v) is 5.30. The maximum absolute atomic E-state index is 13.2. The highest BCUT2D eigenvalue weighted by Gasteiger charge is 2.49. The molecule has 1 aliphatic rings. The minimum atomic E-state index is -0.859. The lowest BCUT2D eigenvalue weighted by molar-refractivity contribution is -0.119. The molecule has 1 atom stereocenters. The molecule has 0 aliphatic carbocycles. The van der Waals surface area contributed by atoms with Gasteiger partial charge in [0.2, 0.25) is 5.91 Å². The standard InChI is InChI=1S/C20H17ClN2O2/c1-12-15(13(2)25-23-12)11-20(14-7-4-3-5-8-14)16-9-6-10-17(21)18(16)22-19(20)24/h3-10H,11H2,1-2H3,(H,22,24). The van der Waals surface area contributed by atoms with E-state index >= 15 is 0 Å². The van der Waals surface area contributed by atoms with Gasteiger partial charge in [0.15, 0.2) is 0 Å². The lowest BCUT2D eigenvalue weighted by Crippen LogP contribution is -2.38. The van der Waals surface area contributed by atoms with Crippen LogP contribution in [0.1, 0.15) is 28.1 Å². The largest absolute Gasteiger partial charge is 0.361 e. The van der Waals surface area contributed by atoms with Crippen molar-refractivity contribution in [2.24, 2.45) is 0 Å². The van der Waals surface area contributed by atoms with Gasteiger partial charge < -0.3 is 9.84 Å². The van der Waals surface area contributed by atoms with Gasteiger partial charge in [-0.2, -0.15) is 0 Å². The Labute approximate surface area is 150 Å². The van der Waals surface area contributed by atoms with Gasteiger partial charge in [-0.15, -0.1) is 0 Å². The van der Waals surface area contributed by atoms with Crippen molar-refractivity contribution in [1.29, 1.82) is 0 Å². The van der Waals surface area contributed by atoms with Gasteiger partial charge in [-0.25, -0.2) is 0 Å². The number of para-hydroxylation sites is 1. The Morgan fingerprint density at radius 2 is 1.88 bits per heavy atom. The summed E-state index contributed by atoms with van der Waals surface area (Å²) in [6.45, 7) is 3.77. The average Bonchev–Trinajstić information content (AvgIpc) is 3.09. The molecule has 0 fully saturated rings. The number of aromatic nitrogens is 1. The lowest BCUT2D eigenvalue weighted by Gasteiger charge is -2.28. The molecule has 1 aromatic heterocycles. The third-order valence-electron chi connectivity index (χ3n) is 4.99. The molecule has 0 saturated heterocycles. The van der Waals surface area contributed by atoms with Crippen molar-refractivity contribution in [3.05, 3.63) is 81.7 Å². The highest BCUT2D eigenvalue weighted by atomic mass is 35.5. The number of anilines is 1. The summed E-state index contributed by atoms with van der Waals surface area (Å²) in [6, 6.07) is 15.4. The van der Waals surface area contributed by atoms with Crippen molar-refractivity contribution in [1.82, 2.24) is 5.16 Å². The summed E-state index contributed by atoms with van der Waals surface area (Å²) < 4.78 is 5.33. The fraction of sp³-hybridized carbons (Fsp3) is 0.200. The molecule has 1 N–H and O–H groups in total. The van der Waals surface area contributed by atoms with Gasteiger partial charge in [0.25, 0.3) is 0 Å². The number of hydrogen-bond donors (Lipinski definition) is 1. The molecular formula is C20H17ClN2O2. The molecule has 1 aliphatic heterocycles. The van der Waals surface area contributed by atoms with E-state index in [1.807, 2.05) is 56.3 Å². The summed E-state index contributed by atoms with van der Waals surface area (Å²) in [4.78, 5) is 13.2. The summed E-state index contributed by atoms with van der Waals surface area (Å²) in [7, 11) is 0. The van der Waals surface area contributed by atoms with Crippen molar-refractivity contribution in [2.45, 2.75) is 25.7 Å². The Kier molecular flexibility index (Phi) is 3.65. The Morgan fingerprint density at radius 1 is 1.12 bits per heavy atom. The average molecular weight is 353 g/mol. The van der Waals surface area contributed by atoms with Crippen molar-refractivity contribution in [3.63, 3.8) is 0 Å². The number of carbonyl (C=O) groups excluding carboxylic acids is 1. The Bertz CT molecular complexity index is 946. The molecule has 4 rings (SSSR count). The quantitative estimate of drug-likeness (QED) is 0.758. The number of carbonyl (C=O) groups is 1. The normalized spacial score (nSPS) is 18.9. The molecule has 3 aromatic rings. The van der Waals surface area contributed by atoms with Crippen LogP contribution in [-0.2, 0) is 16.6 Å². The molecule has 126 valence electrons. The van der Waals surface area contributed by atoms with Crippen LogP contribution in [0, 0.1) is 13.8 Å². The zero-order valence-corrected chi connectivity index (χ0v) is 14.7. The van der Waals surface area contributed by atoms with Crippen LogP contribution in [0.15, 0.2) is 53.1 Å². The molecule has 0 spiro atoms. The van der Waals surface area contributed by atoms with Gasteiger partial charge >= 0.3 is 0 Å². The molecule has 0 radical (unpaired) electrons. The van der Waals surface area contributed by atoms with Gasteiger partial charge in [0.05, 0.1) is 16.4 Å². The number of benzene rings is 2. The molecule has 4 nitrogen and oxygen atoms in total. The first kappa shape index (κ1) is 15.9. The molecule has 2 aromatic carbocycles. The van der Waals surface area contributed by atoms with Gasteiger partial charge in [-0.1, -0.05) is 59.2 Å². The van der Waals surface area contributed by atoms with E-state index in [0.717, 1.165) is 28.1 Å². The van der Waals surface area contributed by atoms with Crippen LogP contribution in [-0.4, -0.2) is 11.1 Å². The number of rotatable bonds is 3. The smallest absolute Gasteiger partial charge is 0.239 e. The summed E-state index contributed by atoms with van der Waals surface area (Å²) in [6.07, 6.45) is 0.470. The number of nitrogens with one attached hydrogen (secondary N) is 1. The van der Waals surface area contributed by atoms with E-state index in [9.17, 15) is 4.79 Å². The summed E-state index contributed by atoms with van der Waals surface area (Å²) >= 11 is 6.35. The lowest BCUT2D eigenvalue weighted by atomic mass is 9.71. The van der Waals surface area contributed by atoms with Crippen molar-refractivity contribution < 1.29 is 9.32 Å². The van der Waals surface area contributed by atoms with Crippen molar-refractivity contribution >= 4 is 23.2 Å². The van der Waals surface area contributed by atoms with Crippen LogP contribution in [0.5, 0.6) is 0 Å². The third kappa shape index (κ3) is 2.29. The molecule has 25 heavy (non-hydrogen) atoms. The molecule has 5 heteroatoms. The van der Waals surface area contributed by atoms with Crippen LogP contribution < -0.4 is 5.32 Å². The van der Waals surface area contributed by atoms with Gasteiger partial charge in [-0.05, 0) is 31.0 Å². The van der Waals surface area contributed by atoms with Crippen LogP contribution in [0.3, 0.4) is 0 Å².